The smallest absolute Gasteiger partial charge is 0.00816 e. The summed E-state index contributed by atoms with van der Waals surface area (Å²) in [5.74, 6) is 7.21. The molecule has 1 saturated carbocycles. The van der Waals surface area contributed by atoms with Crippen LogP contribution in [-0.4, -0.2) is 18.1 Å². The van der Waals surface area contributed by atoms with Crippen molar-refractivity contribution in [2.45, 2.75) is 31.7 Å². The third-order valence-electron chi connectivity index (χ3n) is 1.87. The Morgan fingerprint density at radius 1 is 1.38 bits per heavy atom. The van der Waals surface area contributed by atoms with Crippen molar-refractivity contribution in [1.82, 2.24) is 5.01 Å². The van der Waals surface area contributed by atoms with Crippen molar-refractivity contribution < 1.29 is 0 Å². The number of nitrogens with zero attached hydrogens (tertiary/aromatic N) is 1. The Kier molecular flexibility index (Phi) is 1.86. The highest BCUT2D eigenvalue weighted by atomic mass is 15.4. The van der Waals surface area contributed by atoms with Crippen LogP contribution in [0.1, 0.15) is 25.7 Å². The molecule has 1 aliphatic carbocycles. The zero-order valence-corrected chi connectivity index (χ0v) is 5.35. The molecule has 0 amide bonds. The van der Waals surface area contributed by atoms with Crippen molar-refractivity contribution in [3.8, 4) is 0 Å². The van der Waals surface area contributed by atoms with Gasteiger partial charge in [0.15, 0.2) is 0 Å². The molecule has 0 aromatic heterocycles. The lowest BCUT2D eigenvalue weighted by atomic mass is 10.2. The van der Waals surface area contributed by atoms with E-state index in [4.69, 9.17) is 5.84 Å². The summed E-state index contributed by atoms with van der Waals surface area (Å²) in [7, 11) is 1.84. The third-order valence-corrected chi connectivity index (χ3v) is 1.87. The Labute approximate surface area is 50.6 Å². The molecule has 0 aliphatic heterocycles. The van der Waals surface area contributed by atoms with Crippen LogP contribution in [0.2, 0.25) is 0 Å². The Morgan fingerprint density at radius 2 is 1.88 bits per heavy atom. The monoisotopic (exact) mass is 113 g/mol. The minimum absolute atomic E-state index is 0.565. The maximum atomic E-state index is 7.21. The summed E-state index contributed by atoms with van der Waals surface area (Å²) in [5.41, 5.74) is 0. The Morgan fingerprint density at radius 3 is 2.12 bits per heavy atom. The number of hydrogen-bond donors (Lipinski definition) is 0. The minimum atomic E-state index is 0.565. The summed E-state index contributed by atoms with van der Waals surface area (Å²) < 4.78 is 0. The summed E-state index contributed by atoms with van der Waals surface area (Å²) in [6, 6.07) is 0.565. The zero-order chi connectivity index (χ0) is 5.98. The normalized spacial score (nSPS) is 22.9. The second kappa shape index (κ2) is 2.46. The lowest BCUT2D eigenvalue weighted by molar-refractivity contribution is 0.336. The molecule has 0 aromatic carbocycles. The summed E-state index contributed by atoms with van der Waals surface area (Å²) in [6.07, 6.45) is 5.13. The van der Waals surface area contributed by atoms with Gasteiger partial charge in [-0.3, -0.25) is 0 Å². The molecule has 0 aromatic rings. The average Bonchev–Trinajstić information content (AvgIpc) is 2.12. The van der Waals surface area contributed by atoms with Crippen LogP contribution in [0.15, 0.2) is 0 Å². The average molecular weight is 113 g/mol. The highest BCUT2D eigenvalue weighted by molar-refractivity contribution is 4.74. The second-order valence-corrected chi connectivity index (χ2v) is 2.55. The fraction of sp³-hybridized carbons (Fsp3) is 1.00. The Bertz CT molecular complexity index is 64.9. The summed E-state index contributed by atoms with van der Waals surface area (Å²) in [5, 5.41) is 1.59. The van der Waals surface area contributed by atoms with Gasteiger partial charge in [-0.2, -0.15) is 0 Å². The van der Waals surface area contributed by atoms with Gasteiger partial charge in [0.25, 0.3) is 0 Å². The summed E-state index contributed by atoms with van der Waals surface area (Å²) in [4.78, 5) is 0. The fourth-order valence-electron chi connectivity index (χ4n) is 1.29. The van der Waals surface area contributed by atoms with Gasteiger partial charge in [0.2, 0.25) is 0 Å². The molecule has 0 atom stereocenters. The van der Waals surface area contributed by atoms with E-state index in [0.29, 0.717) is 6.04 Å². The van der Waals surface area contributed by atoms with E-state index in [0.717, 1.165) is 0 Å². The van der Waals surface area contributed by atoms with Crippen LogP contribution in [0.4, 0.5) is 0 Å². The molecule has 0 spiro atoms. The molecule has 0 heterocycles. The molecular weight excluding hydrogens is 100 g/mol. The highest BCUT2D eigenvalue weighted by Crippen LogP contribution is 2.21. The molecule has 0 unspecified atom stereocenters. The maximum absolute atomic E-state index is 7.21. The van der Waals surface area contributed by atoms with Crippen LogP contribution in [-0.2, 0) is 0 Å². The van der Waals surface area contributed by atoms with Gasteiger partial charge in [0, 0.05) is 0 Å². The number of nitrogens with one attached hydrogen (secondary N) is 1. The predicted molar refractivity (Wildman–Crippen MR) is 34.3 cm³/mol. The molecule has 0 radical (unpaired) electrons. The van der Waals surface area contributed by atoms with Crippen molar-refractivity contribution in [1.29, 1.82) is 0 Å². The highest BCUT2D eigenvalue weighted by Gasteiger charge is 2.12. The maximum Gasteiger partial charge on any atom is -0.00816 e. The lowest BCUT2D eigenvalue weighted by Gasteiger charge is -2.27. The first-order chi connectivity index (χ1) is 3.80. The van der Waals surface area contributed by atoms with Crippen LogP contribution in [0, 0.1) is 0 Å². The van der Waals surface area contributed by atoms with E-state index in [2.05, 4.69) is 0 Å². The molecule has 1 rings (SSSR count). The lowest BCUT2D eigenvalue weighted by Crippen LogP contribution is -2.20. The molecule has 8 heavy (non-hydrogen) atoms. The third kappa shape index (κ3) is 1.20. The second-order valence-electron chi connectivity index (χ2n) is 2.55. The first-order valence-electron chi connectivity index (χ1n) is 3.25. The van der Waals surface area contributed by atoms with E-state index in [1.54, 1.807) is 5.01 Å². The van der Waals surface area contributed by atoms with Crippen LogP contribution in [0.25, 0.3) is 5.84 Å². The standard InChI is InChI=1S/C6H13N2/c1-8(7)6-4-2-3-5-6/h6-7H,2-5H2,1H3/q-1. The van der Waals surface area contributed by atoms with Crippen LogP contribution in [0.3, 0.4) is 0 Å². The Balaban J connectivity index is 2.24. The van der Waals surface area contributed by atoms with E-state index in [-0.39, 0.29) is 0 Å². The molecule has 2 heteroatoms. The van der Waals surface area contributed by atoms with Gasteiger partial charge in [-0.15, -0.1) is 0 Å². The minimum Gasteiger partial charge on any atom is -0.610 e. The Hall–Kier alpha value is -0.0800. The molecule has 1 N–H and O–H groups in total. The first-order valence-corrected chi connectivity index (χ1v) is 3.25. The molecule has 1 aliphatic rings. The van der Waals surface area contributed by atoms with Crippen LogP contribution in [0.5, 0.6) is 0 Å². The van der Waals surface area contributed by atoms with Crippen molar-refractivity contribution in [2.75, 3.05) is 7.05 Å². The topological polar surface area (TPSA) is 27.0 Å². The van der Waals surface area contributed by atoms with Gasteiger partial charge in [-0.1, -0.05) is 12.8 Å². The van der Waals surface area contributed by atoms with Crippen molar-refractivity contribution in [2.24, 2.45) is 0 Å². The van der Waals surface area contributed by atoms with E-state index in [9.17, 15) is 0 Å². The molecule has 0 bridgehead atoms. The van der Waals surface area contributed by atoms with Crippen molar-refractivity contribution in [3.05, 3.63) is 5.84 Å². The molecule has 48 valence electrons. The largest absolute Gasteiger partial charge is 0.610 e. The van der Waals surface area contributed by atoms with Gasteiger partial charge in [0.05, 0.1) is 0 Å². The zero-order valence-electron chi connectivity index (χ0n) is 5.35. The van der Waals surface area contributed by atoms with Gasteiger partial charge in [0.1, 0.15) is 0 Å². The number of hydrogen-bond acceptors (Lipinski definition) is 1. The summed E-state index contributed by atoms with van der Waals surface area (Å²) >= 11 is 0. The van der Waals surface area contributed by atoms with Crippen molar-refractivity contribution >= 4 is 0 Å². The van der Waals surface area contributed by atoms with E-state index in [1.165, 1.54) is 25.7 Å². The number of rotatable bonds is 1. The molecule has 0 saturated heterocycles. The van der Waals surface area contributed by atoms with Crippen LogP contribution < -0.4 is 0 Å². The molecule has 2 nitrogen and oxygen atoms in total. The van der Waals surface area contributed by atoms with E-state index >= 15 is 0 Å². The van der Waals surface area contributed by atoms with E-state index in [1.807, 2.05) is 7.05 Å². The molecular formula is C6H13N2-. The van der Waals surface area contributed by atoms with Gasteiger partial charge in [-0.05, 0) is 25.9 Å². The predicted octanol–water partition coefficient (Wildman–Crippen LogP) is 1.83. The van der Waals surface area contributed by atoms with Crippen LogP contribution >= 0.6 is 0 Å². The van der Waals surface area contributed by atoms with Gasteiger partial charge < -0.3 is 10.9 Å². The van der Waals surface area contributed by atoms with Crippen molar-refractivity contribution in [3.63, 3.8) is 0 Å². The van der Waals surface area contributed by atoms with Gasteiger partial charge >= 0.3 is 0 Å². The van der Waals surface area contributed by atoms with Gasteiger partial charge in [-0.25, -0.2) is 0 Å². The first kappa shape index (κ1) is 6.05. The summed E-state index contributed by atoms with van der Waals surface area (Å²) in [6.45, 7) is 0. The fourth-order valence-corrected chi connectivity index (χ4v) is 1.29. The SMILES string of the molecule is CN([NH-])C1CCCC1. The van der Waals surface area contributed by atoms with E-state index < -0.39 is 0 Å². The quantitative estimate of drug-likeness (QED) is 0.476. The molecule has 1 fully saturated rings.